The van der Waals surface area contributed by atoms with Crippen molar-refractivity contribution in [2.45, 2.75) is 25.3 Å². The van der Waals surface area contributed by atoms with E-state index in [4.69, 9.17) is 14.8 Å². The highest BCUT2D eigenvalue weighted by Gasteiger charge is 2.22. The summed E-state index contributed by atoms with van der Waals surface area (Å²) in [5.74, 6) is 0.669. The van der Waals surface area contributed by atoms with E-state index in [2.05, 4.69) is 40.6 Å². The molecule has 0 spiro atoms. The first-order chi connectivity index (χ1) is 14.3. The lowest BCUT2D eigenvalue weighted by Gasteiger charge is -2.27. The number of benzene rings is 1. The molecule has 0 saturated carbocycles. The topological polar surface area (TPSA) is 64.3 Å². The van der Waals surface area contributed by atoms with Crippen molar-refractivity contribution in [3.05, 3.63) is 66.6 Å². The number of rotatable bonds is 6. The number of imidazole rings is 1. The summed E-state index contributed by atoms with van der Waals surface area (Å²) in [7, 11) is 0. The van der Waals surface area contributed by atoms with E-state index >= 15 is 0 Å². The number of hydrogen-bond donors (Lipinski definition) is 1. The Balaban J connectivity index is 1.37. The molecule has 6 nitrogen and oxygen atoms in total. The van der Waals surface area contributed by atoms with Gasteiger partial charge in [0, 0.05) is 31.2 Å². The molecule has 0 radical (unpaired) electrons. The second kappa shape index (κ2) is 8.31. The van der Waals surface area contributed by atoms with E-state index in [9.17, 15) is 0 Å². The van der Waals surface area contributed by atoms with Crippen molar-refractivity contribution in [2.24, 2.45) is 5.92 Å². The smallest absolute Gasteiger partial charge is 0.214 e. The lowest BCUT2D eigenvalue weighted by molar-refractivity contribution is 0.0624. The second-order valence-electron chi connectivity index (χ2n) is 7.40. The summed E-state index contributed by atoms with van der Waals surface area (Å²) in [6.45, 7) is 1.74. The van der Waals surface area contributed by atoms with Gasteiger partial charge in [0.25, 0.3) is 0 Å². The van der Waals surface area contributed by atoms with Crippen LogP contribution in [0.3, 0.4) is 0 Å². The molecule has 0 bridgehead atoms. The maximum atomic E-state index is 5.54. The Bertz CT molecular complexity index is 1030. The Morgan fingerprint density at radius 2 is 2.00 bits per heavy atom. The molecule has 29 heavy (non-hydrogen) atoms. The third-order valence-corrected chi connectivity index (χ3v) is 6.26. The van der Waals surface area contributed by atoms with Crippen molar-refractivity contribution in [3.8, 4) is 11.3 Å². The first kappa shape index (κ1) is 18.3. The summed E-state index contributed by atoms with van der Waals surface area (Å²) in [6, 6.07) is 14.8. The Hall–Kier alpha value is -2.77. The van der Waals surface area contributed by atoms with Crippen LogP contribution in [-0.4, -0.2) is 32.8 Å². The minimum atomic E-state index is 0.230. The molecule has 3 aromatic heterocycles. The highest BCUT2D eigenvalue weighted by atomic mass is 32.1. The zero-order chi connectivity index (χ0) is 19.5. The lowest BCUT2D eigenvalue weighted by atomic mass is 9.89. The average Bonchev–Trinajstić information content (AvgIpc) is 3.34. The van der Waals surface area contributed by atoms with Crippen LogP contribution in [-0.2, 0) is 4.74 Å². The summed E-state index contributed by atoms with van der Waals surface area (Å²) in [5.41, 5.74) is 3.19. The maximum Gasteiger partial charge on any atom is 0.214 e. The summed E-state index contributed by atoms with van der Waals surface area (Å²) in [6.07, 6.45) is 8.89. The molecule has 1 atom stereocenters. The Morgan fingerprint density at radius 1 is 1.14 bits per heavy atom. The largest absolute Gasteiger partial charge is 0.381 e. The predicted octanol–water partition coefficient (Wildman–Crippen LogP) is 4.82. The first-order valence-corrected chi connectivity index (χ1v) is 10.8. The van der Waals surface area contributed by atoms with Gasteiger partial charge in [-0.05, 0) is 42.9 Å². The number of hydrogen-bond acceptors (Lipinski definition) is 6. The molecule has 1 aliphatic rings. The van der Waals surface area contributed by atoms with E-state index in [-0.39, 0.29) is 6.04 Å². The van der Waals surface area contributed by atoms with E-state index < -0.39 is 0 Å². The summed E-state index contributed by atoms with van der Waals surface area (Å²) in [5, 5.41) is 9.30. The summed E-state index contributed by atoms with van der Waals surface area (Å²) in [4.78, 5) is 9.77. The molecule has 1 N–H and O–H groups in total. The number of fused-ring (bicyclic) bond motifs is 1. The molecule has 0 amide bonds. The molecule has 0 aliphatic carbocycles. The van der Waals surface area contributed by atoms with Crippen LogP contribution in [0, 0.1) is 5.92 Å². The zero-order valence-corrected chi connectivity index (χ0v) is 16.9. The van der Waals surface area contributed by atoms with Crippen LogP contribution in [0.1, 0.15) is 30.9 Å². The van der Waals surface area contributed by atoms with Gasteiger partial charge >= 0.3 is 0 Å². The van der Waals surface area contributed by atoms with Gasteiger partial charge in [-0.2, -0.15) is 0 Å². The van der Waals surface area contributed by atoms with Gasteiger partial charge in [0.15, 0.2) is 0 Å². The Kier molecular flexibility index (Phi) is 5.23. The molecular weight excluding hydrogens is 382 g/mol. The number of nitrogens with one attached hydrogen (secondary N) is 1. The van der Waals surface area contributed by atoms with Crippen molar-refractivity contribution in [2.75, 3.05) is 18.5 Å². The molecule has 4 aromatic rings. The van der Waals surface area contributed by atoms with Crippen molar-refractivity contribution in [1.82, 2.24) is 19.6 Å². The van der Waals surface area contributed by atoms with Crippen LogP contribution in [0.25, 0.3) is 16.2 Å². The van der Waals surface area contributed by atoms with Crippen LogP contribution in [0.15, 0.2) is 61.1 Å². The van der Waals surface area contributed by atoms with E-state index in [0.717, 1.165) is 53.8 Å². The van der Waals surface area contributed by atoms with Gasteiger partial charge in [-0.25, -0.2) is 9.50 Å². The normalized spacial score (nSPS) is 16.1. The monoisotopic (exact) mass is 405 g/mol. The van der Waals surface area contributed by atoms with Crippen LogP contribution < -0.4 is 5.32 Å². The minimum absolute atomic E-state index is 0.230. The van der Waals surface area contributed by atoms with Crippen molar-refractivity contribution in [3.63, 3.8) is 0 Å². The second-order valence-corrected chi connectivity index (χ2v) is 8.36. The van der Waals surface area contributed by atoms with E-state index in [1.54, 1.807) is 17.5 Å². The van der Waals surface area contributed by atoms with Gasteiger partial charge in [0.1, 0.15) is 0 Å². The molecule has 1 aliphatic heterocycles. The fourth-order valence-electron chi connectivity index (χ4n) is 3.84. The van der Waals surface area contributed by atoms with Gasteiger partial charge in [-0.3, -0.25) is 4.98 Å². The summed E-state index contributed by atoms with van der Waals surface area (Å²) < 4.78 is 7.39. The standard InChI is InChI=1S/C22H23N5OS/c1-2-5-17(6-3-1)19(13-16-8-11-28-12-9-16)24-21-26-27-15-20(25-22(27)29-21)18-7-4-10-23-14-18/h1-7,10,14-16,19H,8-9,11-13H2,(H,24,26). The number of ether oxygens (including phenoxy) is 1. The number of nitrogens with zero attached hydrogens (tertiary/aromatic N) is 4. The molecule has 1 saturated heterocycles. The first-order valence-electron chi connectivity index (χ1n) is 10.0. The molecule has 1 fully saturated rings. The molecular formula is C22H23N5OS. The average molecular weight is 406 g/mol. The van der Waals surface area contributed by atoms with Gasteiger partial charge in [-0.15, -0.1) is 5.10 Å². The molecule has 1 unspecified atom stereocenters. The van der Waals surface area contributed by atoms with Gasteiger partial charge in [0.2, 0.25) is 10.1 Å². The molecule has 4 heterocycles. The number of aromatic nitrogens is 4. The molecule has 7 heteroatoms. The van der Waals surface area contributed by atoms with E-state index in [1.807, 2.05) is 29.0 Å². The van der Waals surface area contributed by atoms with Crippen LogP contribution in [0.4, 0.5) is 5.13 Å². The Labute approximate surface area is 173 Å². The van der Waals surface area contributed by atoms with Crippen molar-refractivity contribution in [1.29, 1.82) is 0 Å². The summed E-state index contributed by atoms with van der Waals surface area (Å²) >= 11 is 1.58. The molecule has 148 valence electrons. The SMILES string of the molecule is c1ccc(C(CC2CCOCC2)Nc2nn3cc(-c4cccnc4)nc3s2)cc1. The van der Waals surface area contributed by atoms with Crippen molar-refractivity contribution < 1.29 is 4.74 Å². The number of pyridine rings is 1. The minimum Gasteiger partial charge on any atom is -0.381 e. The van der Waals surface area contributed by atoms with Crippen LogP contribution in [0.2, 0.25) is 0 Å². The predicted molar refractivity (Wildman–Crippen MR) is 115 cm³/mol. The Morgan fingerprint density at radius 3 is 2.76 bits per heavy atom. The lowest BCUT2D eigenvalue weighted by Crippen LogP contribution is -2.21. The third kappa shape index (κ3) is 4.16. The number of anilines is 1. The van der Waals surface area contributed by atoms with E-state index in [1.165, 1.54) is 5.56 Å². The molecule has 5 rings (SSSR count). The van der Waals surface area contributed by atoms with Crippen LogP contribution >= 0.6 is 11.3 Å². The fourth-order valence-corrected chi connectivity index (χ4v) is 4.67. The quantitative estimate of drug-likeness (QED) is 0.498. The third-order valence-electron chi connectivity index (χ3n) is 5.41. The highest BCUT2D eigenvalue weighted by Crippen LogP contribution is 2.32. The van der Waals surface area contributed by atoms with Crippen LogP contribution in [0.5, 0.6) is 0 Å². The van der Waals surface area contributed by atoms with Gasteiger partial charge < -0.3 is 10.1 Å². The van der Waals surface area contributed by atoms with E-state index in [0.29, 0.717) is 5.92 Å². The fraction of sp³-hybridized carbons (Fsp3) is 0.318. The van der Waals surface area contributed by atoms with Crippen molar-refractivity contribution >= 4 is 21.4 Å². The maximum absolute atomic E-state index is 5.54. The van der Waals surface area contributed by atoms with Gasteiger partial charge in [-0.1, -0.05) is 41.7 Å². The molecule has 1 aromatic carbocycles. The van der Waals surface area contributed by atoms with Gasteiger partial charge in [0.05, 0.1) is 17.9 Å². The zero-order valence-electron chi connectivity index (χ0n) is 16.1. The highest BCUT2D eigenvalue weighted by molar-refractivity contribution is 7.20.